The molecule has 1 amide bonds. The van der Waals surface area contributed by atoms with Gasteiger partial charge in [-0.15, -0.1) is 0 Å². The van der Waals surface area contributed by atoms with Crippen LogP contribution in [0.15, 0.2) is 84.0 Å². The summed E-state index contributed by atoms with van der Waals surface area (Å²) in [6.07, 6.45) is 5.77. The number of carbonyl (C=O) groups excluding carboxylic acids is 1. The highest BCUT2D eigenvalue weighted by Gasteiger charge is 2.38. The predicted octanol–water partition coefficient (Wildman–Crippen LogP) is 6.38. The van der Waals surface area contributed by atoms with Crippen LogP contribution in [0.5, 0.6) is 0 Å². The molecule has 0 spiro atoms. The van der Waals surface area contributed by atoms with E-state index in [1.165, 1.54) is 0 Å². The zero-order valence-electron chi connectivity index (χ0n) is 20.4. The van der Waals surface area contributed by atoms with Gasteiger partial charge < -0.3 is 10.4 Å². The number of aliphatic imine (C=N–C) groups is 1. The van der Waals surface area contributed by atoms with Gasteiger partial charge in [-0.1, -0.05) is 94.1 Å². The van der Waals surface area contributed by atoms with Crippen LogP contribution < -0.4 is 5.32 Å². The molecule has 0 aliphatic carbocycles. The lowest BCUT2D eigenvalue weighted by Crippen LogP contribution is -2.38. The molecule has 0 unspecified atom stereocenters. The summed E-state index contributed by atoms with van der Waals surface area (Å²) in [5.74, 6) is -1.25. The van der Waals surface area contributed by atoms with Gasteiger partial charge in [-0.25, -0.2) is 4.79 Å². The van der Waals surface area contributed by atoms with E-state index in [-0.39, 0.29) is 5.91 Å². The van der Waals surface area contributed by atoms with E-state index in [2.05, 4.69) is 24.1 Å². The highest BCUT2D eigenvalue weighted by molar-refractivity contribution is 6.18. The van der Waals surface area contributed by atoms with Gasteiger partial charge in [0.1, 0.15) is 5.69 Å². The minimum absolute atomic E-state index is 0.297. The first-order valence-corrected chi connectivity index (χ1v) is 12.2. The number of unbranched alkanes of at least 4 members (excludes halogenated alkanes) is 2. The molecule has 3 rings (SSSR count). The summed E-state index contributed by atoms with van der Waals surface area (Å²) >= 11 is 0. The maximum atomic E-state index is 12.9. The highest BCUT2D eigenvalue weighted by Crippen LogP contribution is 2.31. The van der Waals surface area contributed by atoms with Crippen molar-refractivity contribution in [2.75, 3.05) is 5.32 Å². The van der Waals surface area contributed by atoms with Crippen molar-refractivity contribution in [3.05, 3.63) is 95.8 Å². The third kappa shape index (κ3) is 6.63. The first kappa shape index (κ1) is 25.8. The van der Waals surface area contributed by atoms with Crippen molar-refractivity contribution in [1.29, 1.82) is 0 Å². The van der Waals surface area contributed by atoms with Crippen molar-refractivity contribution in [3.8, 4) is 0 Å². The van der Waals surface area contributed by atoms with E-state index in [4.69, 9.17) is 4.99 Å². The number of hydrogen-bond acceptors (Lipinski definition) is 4. The molecule has 6 heteroatoms. The van der Waals surface area contributed by atoms with E-state index in [1.807, 2.05) is 48.5 Å². The van der Waals surface area contributed by atoms with Crippen LogP contribution in [-0.2, 0) is 4.79 Å². The quantitative estimate of drug-likeness (QED) is 0.300. The molecular weight excluding hydrogens is 438 g/mol. The van der Waals surface area contributed by atoms with Crippen molar-refractivity contribution in [3.63, 3.8) is 0 Å². The molecular formula is C29H33N3O3. The van der Waals surface area contributed by atoms with Gasteiger partial charge in [-0.3, -0.25) is 14.8 Å². The number of nitrogens with zero attached hydrogens (tertiary/aromatic N) is 2. The Morgan fingerprint density at radius 2 is 1.51 bits per heavy atom. The minimum Gasteiger partial charge on any atom is -0.479 e. The number of para-hydroxylation sites is 1. The molecule has 0 fully saturated rings. The summed E-state index contributed by atoms with van der Waals surface area (Å²) in [5, 5.41) is 13.3. The lowest BCUT2D eigenvalue weighted by atomic mass is 9.86. The molecule has 182 valence electrons. The third-order valence-electron chi connectivity index (χ3n) is 5.99. The zero-order valence-corrected chi connectivity index (χ0v) is 20.4. The fraction of sp³-hybridized carbons (Fsp3) is 0.310. The van der Waals surface area contributed by atoms with Crippen LogP contribution in [0.25, 0.3) is 0 Å². The van der Waals surface area contributed by atoms with Crippen molar-refractivity contribution in [2.24, 2.45) is 4.99 Å². The number of pyridine rings is 1. The van der Waals surface area contributed by atoms with Crippen molar-refractivity contribution in [1.82, 2.24) is 4.98 Å². The van der Waals surface area contributed by atoms with Gasteiger partial charge in [0.05, 0.1) is 11.4 Å². The summed E-state index contributed by atoms with van der Waals surface area (Å²) in [7, 11) is 0. The molecule has 0 aliphatic rings. The molecule has 35 heavy (non-hydrogen) atoms. The summed E-state index contributed by atoms with van der Waals surface area (Å²) in [4.78, 5) is 34.7. The number of anilines is 1. The van der Waals surface area contributed by atoms with Gasteiger partial charge in [-0.2, -0.15) is 0 Å². The fourth-order valence-corrected chi connectivity index (χ4v) is 4.01. The Morgan fingerprint density at radius 3 is 2.11 bits per heavy atom. The first-order valence-electron chi connectivity index (χ1n) is 12.2. The molecule has 0 radical (unpaired) electrons. The van der Waals surface area contributed by atoms with Crippen LogP contribution in [-0.4, -0.2) is 33.2 Å². The monoisotopic (exact) mass is 471 g/mol. The number of benzene rings is 2. The Hall–Kier alpha value is -3.80. The Labute approximate surface area is 207 Å². The Balaban J connectivity index is 2.16. The summed E-state index contributed by atoms with van der Waals surface area (Å²) < 4.78 is 0. The maximum Gasteiger partial charge on any atom is 0.331 e. The lowest BCUT2D eigenvalue weighted by molar-refractivity contribution is -0.143. The van der Waals surface area contributed by atoms with Crippen LogP contribution in [0, 0.1) is 0 Å². The van der Waals surface area contributed by atoms with E-state index in [0.29, 0.717) is 35.5 Å². The molecule has 0 atom stereocenters. The number of nitrogens with one attached hydrogen (secondary N) is 1. The number of aromatic nitrogens is 1. The fourth-order valence-electron chi connectivity index (χ4n) is 4.01. The number of amides is 1. The Morgan fingerprint density at radius 1 is 0.886 bits per heavy atom. The second-order valence-corrected chi connectivity index (χ2v) is 8.58. The molecule has 2 N–H and O–H groups in total. The third-order valence-corrected chi connectivity index (χ3v) is 5.99. The van der Waals surface area contributed by atoms with Crippen molar-refractivity contribution < 1.29 is 14.7 Å². The number of hydrogen-bond donors (Lipinski definition) is 2. The van der Waals surface area contributed by atoms with Crippen LogP contribution >= 0.6 is 0 Å². The molecule has 0 bridgehead atoms. The molecule has 0 saturated carbocycles. The summed E-state index contributed by atoms with van der Waals surface area (Å²) in [5.41, 5.74) is 1.63. The van der Waals surface area contributed by atoms with Gasteiger partial charge in [0.25, 0.3) is 5.91 Å². The number of carboxylic acids is 1. The van der Waals surface area contributed by atoms with Gasteiger partial charge in [-0.05, 0) is 31.0 Å². The molecule has 3 aromatic rings. The standard InChI is InChI=1S/C29H33N3O3/c1-3-5-19-29(28(34)35,20-6-4-2)32-26(22-14-8-7-9-15-22)23-16-10-11-17-24(23)31-27(33)25-18-12-13-21-30-25/h7-18,21H,3-6,19-20H2,1-2H3,(H,31,33)(H,34,35). The predicted molar refractivity (Wildman–Crippen MR) is 140 cm³/mol. The summed E-state index contributed by atoms with van der Waals surface area (Å²) in [6, 6.07) is 22.1. The molecule has 2 aromatic carbocycles. The SMILES string of the molecule is CCCCC(CCCC)(N=C(c1ccccc1)c1ccccc1NC(=O)c1ccccn1)C(=O)O. The summed E-state index contributed by atoms with van der Waals surface area (Å²) in [6.45, 7) is 4.10. The van der Waals surface area contributed by atoms with Crippen LogP contribution in [0.3, 0.4) is 0 Å². The molecule has 1 heterocycles. The van der Waals surface area contributed by atoms with E-state index < -0.39 is 11.5 Å². The van der Waals surface area contributed by atoms with Gasteiger partial charge in [0.15, 0.2) is 5.54 Å². The average molecular weight is 472 g/mol. The molecule has 6 nitrogen and oxygen atoms in total. The normalized spacial score (nSPS) is 11.8. The van der Waals surface area contributed by atoms with Crippen LogP contribution in [0.1, 0.15) is 74.0 Å². The Bertz CT molecular complexity index is 1140. The number of rotatable bonds is 12. The zero-order chi connectivity index (χ0) is 25.1. The largest absolute Gasteiger partial charge is 0.479 e. The average Bonchev–Trinajstić information content (AvgIpc) is 2.90. The number of carbonyl (C=O) groups is 2. The van der Waals surface area contributed by atoms with Crippen LogP contribution in [0.4, 0.5) is 5.69 Å². The number of aliphatic carboxylic acids is 1. The second-order valence-electron chi connectivity index (χ2n) is 8.58. The topological polar surface area (TPSA) is 91.7 Å². The maximum absolute atomic E-state index is 12.9. The van der Waals surface area contributed by atoms with Gasteiger partial charge in [0, 0.05) is 17.3 Å². The van der Waals surface area contributed by atoms with E-state index >= 15 is 0 Å². The van der Waals surface area contributed by atoms with Gasteiger partial charge >= 0.3 is 5.97 Å². The number of carboxylic acid groups (broad SMARTS) is 1. The second kappa shape index (κ2) is 12.6. The highest BCUT2D eigenvalue weighted by atomic mass is 16.4. The lowest BCUT2D eigenvalue weighted by Gasteiger charge is -2.27. The smallest absolute Gasteiger partial charge is 0.331 e. The molecule has 1 aromatic heterocycles. The molecule has 0 aliphatic heterocycles. The Kier molecular flexibility index (Phi) is 9.30. The van der Waals surface area contributed by atoms with Crippen molar-refractivity contribution >= 4 is 23.3 Å². The van der Waals surface area contributed by atoms with Gasteiger partial charge in [0.2, 0.25) is 0 Å². The van der Waals surface area contributed by atoms with Crippen molar-refractivity contribution in [2.45, 2.75) is 57.9 Å². The van der Waals surface area contributed by atoms with E-state index in [9.17, 15) is 14.7 Å². The van der Waals surface area contributed by atoms with E-state index in [0.717, 1.165) is 31.2 Å². The first-order chi connectivity index (χ1) is 17.0. The van der Waals surface area contributed by atoms with E-state index in [1.54, 1.807) is 30.5 Å². The molecule has 0 saturated heterocycles. The minimum atomic E-state index is -1.24. The van der Waals surface area contributed by atoms with Crippen LogP contribution in [0.2, 0.25) is 0 Å².